The molecule has 1 heterocycles. The fourth-order valence-corrected chi connectivity index (χ4v) is 2.79. The van der Waals surface area contributed by atoms with Crippen molar-refractivity contribution in [2.24, 2.45) is 0 Å². The van der Waals surface area contributed by atoms with Gasteiger partial charge < -0.3 is 10.4 Å². The van der Waals surface area contributed by atoms with Crippen molar-refractivity contribution in [3.63, 3.8) is 0 Å². The number of aliphatic hydroxyl groups is 1. The summed E-state index contributed by atoms with van der Waals surface area (Å²) < 4.78 is 3.92. The summed E-state index contributed by atoms with van der Waals surface area (Å²) >= 11 is 3.08. The molecule has 0 saturated carbocycles. The van der Waals surface area contributed by atoms with E-state index in [1.807, 2.05) is 31.3 Å². The molecule has 0 aliphatic rings. The van der Waals surface area contributed by atoms with Crippen molar-refractivity contribution in [1.29, 1.82) is 0 Å². The Labute approximate surface area is 108 Å². The average Bonchev–Trinajstić information content (AvgIpc) is 2.84. The van der Waals surface area contributed by atoms with E-state index < -0.39 is 0 Å². The zero-order valence-electron chi connectivity index (χ0n) is 9.38. The van der Waals surface area contributed by atoms with E-state index in [1.54, 1.807) is 11.8 Å². The molecule has 0 atom stereocenters. The summed E-state index contributed by atoms with van der Waals surface area (Å²) in [4.78, 5) is 1.16. The molecule has 0 aliphatic heterocycles. The van der Waals surface area contributed by atoms with Gasteiger partial charge in [-0.25, -0.2) is 0 Å². The summed E-state index contributed by atoms with van der Waals surface area (Å²) in [7, 11) is 1.87. The number of nitrogens with zero attached hydrogens (tertiary/aromatic N) is 2. The molecule has 1 aromatic carbocycles. The number of thioether (sulfide) groups is 1. The molecule has 0 spiro atoms. The third-order valence-electron chi connectivity index (χ3n) is 2.26. The molecule has 2 rings (SSSR count). The number of anilines is 1. The monoisotopic (exact) mass is 267 g/mol. The van der Waals surface area contributed by atoms with Gasteiger partial charge in [0.1, 0.15) is 10.7 Å². The van der Waals surface area contributed by atoms with Gasteiger partial charge in [0.15, 0.2) is 0 Å². The summed E-state index contributed by atoms with van der Waals surface area (Å²) in [6, 6.07) is 7.88. The normalized spacial score (nSPS) is 10.5. The van der Waals surface area contributed by atoms with Crippen molar-refractivity contribution in [1.82, 2.24) is 9.59 Å². The Morgan fingerprint density at radius 1 is 1.35 bits per heavy atom. The molecular weight excluding hydrogens is 254 g/mol. The molecule has 0 fully saturated rings. The number of benzene rings is 1. The lowest BCUT2D eigenvalue weighted by molar-refractivity contribution is 0.282. The minimum Gasteiger partial charge on any atom is -0.392 e. The van der Waals surface area contributed by atoms with Crippen LogP contribution in [0.4, 0.5) is 5.00 Å². The lowest BCUT2D eigenvalue weighted by Gasteiger charge is -2.02. The molecule has 2 N–H and O–H groups in total. The van der Waals surface area contributed by atoms with Crippen LogP contribution in [0.15, 0.2) is 29.2 Å². The van der Waals surface area contributed by atoms with E-state index in [0.29, 0.717) is 0 Å². The zero-order chi connectivity index (χ0) is 12.1. The van der Waals surface area contributed by atoms with Crippen LogP contribution in [-0.2, 0) is 12.4 Å². The van der Waals surface area contributed by atoms with Crippen molar-refractivity contribution < 1.29 is 5.11 Å². The smallest absolute Gasteiger partial charge is 0.133 e. The minimum atomic E-state index is 0.0882. The highest BCUT2D eigenvalue weighted by Gasteiger charge is 2.06. The van der Waals surface area contributed by atoms with Gasteiger partial charge in [0, 0.05) is 29.2 Å². The lowest BCUT2D eigenvalue weighted by atomic mass is 10.2. The second kappa shape index (κ2) is 6.00. The van der Waals surface area contributed by atoms with Crippen LogP contribution in [0.25, 0.3) is 0 Å². The van der Waals surface area contributed by atoms with E-state index in [2.05, 4.69) is 14.9 Å². The Kier molecular flexibility index (Phi) is 4.36. The van der Waals surface area contributed by atoms with Gasteiger partial charge >= 0.3 is 0 Å². The molecule has 2 aromatic rings. The molecule has 17 heavy (non-hydrogen) atoms. The van der Waals surface area contributed by atoms with Gasteiger partial charge in [0.25, 0.3) is 0 Å². The maximum atomic E-state index is 8.94. The fraction of sp³-hybridized carbons (Fsp3) is 0.273. The highest BCUT2D eigenvalue weighted by Crippen LogP contribution is 2.27. The molecule has 6 heteroatoms. The molecule has 0 bridgehead atoms. The van der Waals surface area contributed by atoms with Gasteiger partial charge in [0.05, 0.1) is 6.61 Å². The highest BCUT2D eigenvalue weighted by molar-refractivity contribution is 7.98. The second-order valence-corrected chi connectivity index (χ2v) is 5.19. The predicted octanol–water partition coefficient (Wildman–Crippen LogP) is 2.36. The molecule has 0 saturated heterocycles. The van der Waals surface area contributed by atoms with E-state index in [9.17, 15) is 0 Å². The Balaban J connectivity index is 1.97. The van der Waals surface area contributed by atoms with Gasteiger partial charge in [-0.05, 0) is 17.7 Å². The van der Waals surface area contributed by atoms with Crippen LogP contribution in [0.5, 0.6) is 0 Å². The van der Waals surface area contributed by atoms with Gasteiger partial charge in [0.2, 0.25) is 0 Å². The molecule has 90 valence electrons. The van der Waals surface area contributed by atoms with Gasteiger partial charge in [-0.2, -0.15) is 0 Å². The van der Waals surface area contributed by atoms with Gasteiger partial charge in [-0.1, -0.05) is 16.6 Å². The number of aromatic nitrogens is 2. The molecule has 0 unspecified atom stereocenters. The first-order valence-corrected chi connectivity index (χ1v) is 6.91. The van der Waals surface area contributed by atoms with E-state index in [0.717, 1.165) is 26.9 Å². The third-order valence-corrected chi connectivity index (χ3v) is 4.07. The van der Waals surface area contributed by atoms with Gasteiger partial charge in [-0.3, -0.25) is 0 Å². The van der Waals surface area contributed by atoms with Crippen LogP contribution >= 0.6 is 23.3 Å². The first kappa shape index (κ1) is 12.3. The second-order valence-electron chi connectivity index (χ2n) is 3.39. The molecular formula is C11H13N3OS2. The van der Waals surface area contributed by atoms with Crippen molar-refractivity contribution in [2.75, 3.05) is 12.4 Å². The molecule has 0 amide bonds. The number of aliphatic hydroxyl groups excluding tert-OH is 1. The Bertz CT molecular complexity index is 470. The number of hydrogen-bond acceptors (Lipinski definition) is 6. The Hall–Kier alpha value is -1.11. The molecule has 4 nitrogen and oxygen atoms in total. The lowest BCUT2D eigenvalue weighted by Crippen LogP contribution is -1.90. The molecule has 1 aromatic heterocycles. The summed E-state index contributed by atoms with van der Waals surface area (Å²) in [6.07, 6.45) is 0. The van der Waals surface area contributed by atoms with Crippen molar-refractivity contribution in [2.45, 2.75) is 17.3 Å². The summed E-state index contributed by atoms with van der Waals surface area (Å²) in [5, 5.41) is 17.1. The first-order chi connectivity index (χ1) is 8.33. The average molecular weight is 267 g/mol. The van der Waals surface area contributed by atoms with Crippen LogP contribution < -0.4 is 5.32 Å². The number of nitrogens with one attached hydrogen (secondary N) is 1. The van der Waals surface area contributed by atoms with E-state index >= 15 is 0 Å². The molecule has 0 radical (unpaired) electrons. The zero-order valence-corrected chi connectivity index (χ0v) is 11.0. The fourth-order valence-electron chi connectivity index (χ4n) is 1.34. The first-order valence-electron chi connectivity index (χ1n) is 5.15. The summed E-state index contributed by atoms with van der Waals surface area (Å²) in [5.41, 5.74) is 1.91. The minimum absolute atomic E-state index is 0.0882. The van der Waals surface area contributed by atoms with Crippen LogP contribution in [-0.4, -0.2) is 21.7 Å². The summed E-state index contributed by atoms with van der Waals surface area (Å²) in [6.45, 7) is 0.0882. The van der Waals surface area contributed by atoms with E-state index in [-0.39, 0.29) is 6.61 Å². The van der Waals surface area contributed by atoms with Crippen LogP contribution in [0.2, 0.25) is 0 Å². The van der Waals surface area contributed by atoms with Crippen LogP contribution in [0, 0.1) is 0 Å². The quantitative estimate of drug-likeness (QED) is 0.814. The Morgan fingerprint density at radius 3 is 2.76 bits per heavy atom. The maximum absolute atomic E-state index is 8.94. The largest absolute Gasteiger partial charge is 0.392 e. The summed E-state index contributed by atoms with van der Waals surface area (Å²) in [5.74, 6) is 0.797. The van der Waals surface area contributed by atoms with Gasteiger partial charge in [-0.15, -0.1) is 16.9 Å². The highest BCUT2D eigenvalue weighted by atomic mass is 32.2. The topological polar surface area (TPSA) is 58.0 Å². The van der Waals surface area contributed by atoms with E-state index in [1.165, 1.54) is 11.5 Å². The van der Waals surface area contributed by atoms with Crippen LogP contribution in [0.3, 0.4) is 0 Å². The molecule has 0 aliphatic carbocycles. The van der Waals surface area contributed by atoms with E-state index in [4.69, 9.17) is 5.11 Å². The number of rotatable bonds is 5. The number of hydrogen-bond donors (Lipinski definition) is 2. The predicted molar refractivity (Wildman–Crippen MR) is 71.4 cm³/mol. The third kappa shape index (κ3) is 3.18. The Morgan fingerprint density at radius 2 is 2.12 bits per heavy atom. The SMILES string of the molecule is CNc1snnc1CSc1ccc(CO)cc1. The standard InChI is InChI=1S/C11H13N3OS2/c1-12-11-10(13-14-17-11)7-16-9-4-2-8(6-15)3-5-9/h2-5,12,15H,6-7H2,1H3. The van der Waals surface area contributed by atoms with Crippen molar-refractivity contribution in [3.05, 3.63) is 35.5 Å². The maximum Gasteiger partial charge on any atom is 0.133 e. The van der Waals surface area contributed by atoms with Crippen molar-refractivity contribution in [3.8, 4) is 0 Å². The van der Waals surface area contributed by atoms with Crippen LogP contribution in [0.1, 0.15) is 11.3 Å². The van der Waals surface area contributed by atoms with Crippen molar-refractivity contribution >= 4 is 28.3 Å².